The average molecular weight is 344 g/mol. The van der Waals surface area contributed by atoms with E-state index < -0.39 is 0 Å². The van der Waals surface area contributed by atoms with Crippen LogP contribution in [0.25, 0.3) is 0 Å². The highest BCUT2D eigenvalue weighted by Gasteiger charge is 2.28. The van der Waals surface area contributed by atoms with E-state index in [4.69, 9.17) is 0 Å². The maximum absolute atomic E-state index is 12.6. The molecule has 0 unspecified atom stereocenters. The number of fused-ring (bicyclic) bond motifs is 1. The lowest BCUT2D eigenvalue weighted by molar-refractivity contribution is -0.134. The summed E-state index contributed by atoms with van der Waals surface area (Å²) in [7, 11) is 1.81. The molecule has 2 aliphatic rings. The molecule has 0 aliphatic carbocycles. The molecule has 0 saturated carbocycles. The minimum Gasteiger partial charge on any atom is -0.343 e. The third kappa shape index (κ3) is 3.99. The van der Waals surface area contributed by atoms with Gasteiger partial charge in [-0.1, -0.05) is 12.1 Å². The van der Waals surface area contributed by atoms with E-state index in [1.165, 1.54) is 4.90 Å². The van der Waals surface area contributed by atoms with Crippen molar-refractivity contribution in [3.05, 3.63) is 24.3 Å². The summed E-state index contributed by atoms with van der Waals surface area (Å²) in [4.78, 5) is 40.0. The van der Waals surface area contributed by atoms with Crippen LogP contribution in [0.4, 0.5) is 11.4 Å². The Bertz CT molecular complexity index is 670. The molecule has 3 amide bonds. The summed E-state index contributed by atoms with van der Waals surface area (Å²) >= 11 is 0. The van der Waals surface area contributed by atoms with Crippen LogP contribution >= 0.6 is 0 Å². The first-order chi connectivity index (χ1) is 12.1. The molecule has 0 bridgehead atoms. The highest BCUT2D eigenvalue weighted by Crippen LogP contribution is 2.29. The summed E-state index contributed by atoms with van der Waals surface area (Å²) in [6.45, 7) is 1.83. The Morgan fingerprint density at radius 3 is 2.68 bits per heavy atom. The number of benzene rings is 1. The monoisotopic (exact) mass is 344 g/mol. The molecule has 1 aromatic rings. The van der Waals surface area contributed by atoms with Gasteiger partial charge in [-0.05, 0) is 38.1 Å². The number of nitrogens with zero attached hydrogens (tertiary/aromatic N) is 2. The number of nitrogens with one attached hydrogen (secondary N) is 2. The summed E-state index contributed by atoms with van der Waals surface area (Å²) < 4.78 is 0. The molecule has 0 radical (unpaired) electrons. The van der Waals surface area contributed by atoms with Crippen LogP contribution in [0, 0.1) is 0 Å². The van der Waals surface area contributed by atoms with Crippen molar-refractivity contribution in [1.29, 1.82) is 0 Å². The number of hydrogen-bond donors (Lipinski definition) is 2. The summed E-state index contributed by atoms with van der Waals surface area (Å²) in [5, 5.41) is 6.04. The van der Waals surface area contributed by atoms with Crippen LogP contribution < -0.4 is 15.5 Å². The summed E-state index contributed by atoms with van der Waals surface area (Å²) in [5.74, 6) is -0.436. The van der Waals surface area contributed by atoms with Crippen molar-refractivity contribution < 1.29 is 14.4 Å². The molecular weight excluding hydrogens is 320 g/mol. The fraction of sp³-hybridized carbons (Fsp3) is 0.500. The third-order valence-corrected chi connectivity index (χ3v) is 4.87. The van der Waals surface area contributed by atoms with Gasteiger partial charge in [0.05, 0.1) is 11.4 Å². The molecule has 0 aromatic heterocycles. The molecular formula is C18H24N4O3. The lowest BCUT2D eigenvalue weighted by Crippen LogP contribution is -2.45. The largest absolute Gasteiger partial charge is 0.343 e. The number of anilines is 2. The van der Waals surface area contributed by atoms with Gasteiger partial charge in [-0.15, -0.1) is 0 Å². The van der Waals surface area contributed by atoms with Gasteiger partial charge in [-0.2, -0.15) is 0 Å². The van der Waals surface area contributed by atoms with Crippen LogP contribution in [0.5, 0.6) is 0 Å². The number of carbonyl (C=O) groups excluding carboxylic acids is 3. The second-order valence-corrected chi connectivity index (χ2v) is 6.53. The molecule has 1 fully saturated rings. The molecule has 0 atom stereocenters. The number of para-hydroxylation sites is 2. The molecule has 25 heavy (non-hydrogen) atoms. The predicted octanol–water partition coefficient (Wildman–Crippen LogP) is 0.962. The fourth-order valence-corrected chi connectivity index (χ4v) is 3.38. The third-order valence-electron chi connectivity index (χ3n) is 4.87. The Morgan fingerprint density at radius 1 is 1.20 bits per heavy atom. The maximum Gasteiger partial charge on any atom is 0.244 e. The molecule has 3 rings (SSSR count). The van der Waals surface area contributed by atoms with Crippen molar-refractivity contribution in [2.24, 2.45) is 0 Å². The molecule has 134 valence electrons. The van der Waals surface area contributed by atoms with Crippen molar-refractivity contribution in [2.45, 2.75) is 31.7 Å². The lowest BCUT2D eigenvalue weighted by atomic mass is 10.0. The first kappa shape index (κ1) is 17.4. The van der Waals surface area contributed by atoms with E-state index in [0.717, 1.165) is 25.9 Å². The Balaban J connectivity index is 1.59. The van der Waals surface area contributed by atoms with E-state index >= 15 is 0 Å². The molecule has 2 aliphatic heterocycles. The van der Waals surface area contributed by atoms with Crippen LogP contribution in [0.3, 0.4) is 0 Å². The summed E-state index contributed by atoms with van der Waals surface area (Å²) in [6, 6.07) is 7.45. The Hall–Kier alpha value is -2.41. The molecule has 7 heteroatoms. The zero-order chi connectivity index (χ0) is 17.8. The Labute approximate surface area is 147 Å². The number of carbonyl (C=O) groups is 3. The maximum atomic E-state index is 12.6. The smallest absolute Gasteiger partial charge is 0.244 e. The van der Waals surface area contributed by atoms with E-state index in [2.05, 4.69) is 10.6 Å². The van der Waals surface area contributed by atoms with Crippen LogP contribution in [0.15, 0.2) is 24.3 Å². The number of piperidine rings is 1. The zero-order valence-corrected chi connectivity index (χ0v) is 14.5. The fourth-order valence-electron chi connectivity index (χ4n) is 3.38. The van der Waals surface area contributed by atoms with Gasteiger partial charge in [0.25, 0.3) is 0 Å². The van der Waals surface area contributed by atoms with Gasteiger partial charge in [0.1, 0.15) is 6.54 Å². The first-order valence-electron chi connectivity index (χ1n) is 8.72. The van der Waals surface area contributed by atoms with Gasteiger partial charge in [-0.25, -0.2) is 0 Å². The van der Waals surface area contributed by atoms with Crippen molar-refractivity contribution >= 4 is 29.1 Å². The Kier molecular flexibility index (Phi) is 5.33. The number of rotatable bonds is 4. The van der Waals surface area contributed by atoms with E-state index in [-0.39, 0.29) is 43.1 Å². The Morgan fingerprint density at radius 2 is 1.92 bits per heavy atom. The molecule has 7 nitrogen and oxygen atoms in total. The van der Waals surface area contributed by atoms with Gasteiger partial charge in [0, 0.05) is 25.9 Å². The van der Waals surface area contributed by atoms with Crippen molar-refractivity contribution in [2.75, 3.05) is 36.9 Å². The second kappa shape index (κ2) is 7.65. The van der Waals surface area contributed by atoms with Crippen LogP contribution in [-0.2, 0) is 14.4 Å². The summed E-state index contributed by atoms with van der Waals surface area (Å²) in [5.41, 5.74) is 1.32. The average Bonchev–Trinajstić information content (AvgIpc) is 2.65. The second-order valence-electron chi connectivity index (χ2n) is 6.53. The highest BCUT2D eigenvalue weighted by molar-refractivity contribution is 6.10. The van der Waals surface area contributed by atoms with E-state index in [9.17, 15) is 14.4 Å². The number of amides is 3. The van der Waals surface area contributed by atoms with Crippen molar-refractivity contribution in [1.82, 2.24) is 10.2 Å². The zero-order valence-electron chi connectivity index (χ0n) is 14.5. The van der Waals surface area contributed by atoms with Gasteiger partial charge >= 0.3 is 0 Å². The molecule has 1 aromatic carbocycles. The van der Waals surface area contributed by atoms with Crippen molar-refractivity contribution in [3.63, 3.8) is 0 Å². The minimum absolute atomic E-state index is 0.00578. The van der Waals surface area contributed by atoms with Crippen LogP contribution in [0.1, 0.15) is 25.7 Å². The van der Waals surface area contributed by atoms with Crippen LogP contribution in [-0.4, -0.2) is 55.3 Å². The molecule has 2 N–H and O–H groups in total. The molecule has 1 saturated heterocycles. The van der Waals surface area contributed by atoms with E-state index in [1.54, 1.807) is 17.0 Å². The van der Waals surface area contributed by atoms with Crippen LogP contribution in [0.2, 0.25) is 0 Å². The van der Waals surface area contributed by atoms with E-state index in [1.807, 2.05) is 19.2 Å². The number of hydrogen-bond acceptors (Lipinski definition) is 4. The normalized spacial score (nSPS) is 17.6. The van der Waals surface area contributed by atoms with Gasteiger partial charge < -0.3 is 20.4 Å². The van der Waals surface area contributed by atoms with Gasteiger partial charge in [0.15, 0.2) is 0 Å². The van der Waals surface area contributed by atoms with Crippen molar-refractivity contribution in [3.8, 4) is 0 Å². The topological polar surface area (TPSA) is 81.8 Å². The first-order valence-corrected chi connectivity index (χ1v) is 8.72. The minimum atomic E-state index is -0.217. The molecule has 2 heterocycles. The lowest BCUT2D eigenvalue weighted by Gasteiger charge is -2.32. The molecule has 0 spiro atoms. The summed E-state index contributed by atoms with van der Waals surface area (Å²) in [6.07, 6.45) is 2.15. The van der Waals surface area contributed by atoms with E-state index in [0.29, 0.717) is 11.4 Å². The van der Waals surface area contributed by atoms with Gasteiger partial charge in [0.2, 0.25) is 17.7 Å². The predicted molar refractivity (Wildman–Crippen MR) is 95.3 cm³/mol. The highest BCUT2D eigenvalue weighted by atomic mass is 16.2. The standard InChI is InChI=1S/C18H24N4O3/c1-21(13-8-10-19-11-9-13)17(24)6-7-18(25)22-12-16(23)20-14-4-2-3-5-15(14)22/h2-5,13,19H,6-12H2,1H3,(H,20,23). The van der Waals surface area contributed by atoms with Gasteiger partial charge in [-0.3, -0.25) is 14.4 Å². The SMILES string of the molecule is CN(C(=O)CCC(=O)N1CC(=O)Nc2ccccc21)C1CCNCC1. The quantitative estimate of drug-likeness (QED) is 0.852.